The van der Waals surface area contributed by atoms with Gasteiger partial charge >= 0.3 is 0 Å². The van der Waals surface area contributed by atoms with Gasteiger partial charge in [-0.05, 0) is 30.9 Å². The van der Waals surface area contributed by atoms with Crippen LogP contribution in [0.3, 0.4) is 0 Å². The first-order chi connectivity index (χ1) is 9.84. The first-order valence-electron chi connectivity index (χ1n) is 7.55. The van der Waals surface area contributed by atoms with Crippen molar-refractivity contribution in [2.75, 3.05) is 24.6 Å². The molecule has 4 heteroatoms. The van der Waals surface area contributed by atoms with Gasteiger partial charge in [-0.2, -0.15) is 0 Å². The van der Waals surface area contributed by atoms with Crippen LogP contribution in [0, 0.1) is 0 Å². The largest absolute Gasteiger partial charge is 0.378 e. The number of hydrogen-bond donors (Lipinski definition) is 1. The third kappa shape index (κ3) is 3.02. The minimum atomic E-state index is 0.111. The Bertz CT molecular complexity index is 469. The van der Waals surface area contributed by atoms with E-state index < -0.39 is 0 Å². The van der Waals surface area contributed by atoms with Crippen LogP contribution in [0.5, 0.6) is 0 Å². The fourth-order valence-corrected chi connectivity index (χ4v) is 2.99. The van der Waals surface area contributed by atoms with Crippen LogP contribution in [0.25, 0.3) is 0 Å². The quantitative estimate of drug-likeness (QED) is 0.898. The highest BCUT2D eigenvalue weighted by molar-refractivity contribution is 5.94. The standard InChI is InChI=1S/C16H22N2O2/c19-16(11-14-6-3-4-10-20-14)18-9-8-17-12-13-5-1-2-7-15(13)18/h1-2,5,7,14,17H,3-4,6,8-12H2. The smallest absolute Gasteiger partial charge is 0.229 e. The van der Waals surface area contributed by atoms with E-state index in [1.54, 1.807) is 0 Å². The maximum absolute atomic E-state index is 12.6. The van der Waals surface area contributed by atoms with Gasteiger partial charge in [0.2, 0.25) is 5.91 Å². The van der Waals surface area contributed by atoms with Gasteiger partial charge in [0.1, 0.15) is 0 Å². The predicted octanol–water partition coefficient (Wildman–Crippen LogP) is 2.08. The number of anilines is 1. The first kappa shape index (κ1) is 13.6. The van der Waals surface area contributed by atoms with Crippen LogP contribution < -0.4 is 10.2 Å². The van der Waals surface area contributed by atoms with Gasteiger partial charge in [0.15, 0.2) is 0 Å². The van der Waals surface area contributed by atoms with Crippen molar-refractivity contribution in [3.63, 3.8) is 0 Å². The molecule has 4 nitrogen and oxygen atoms in total. The molecular formula is C16H22N2O2. The van der Waals surface area contributed by atoms with E-state index in [1.807, 2.05) is 23.1 Å². The van der Waals surface area contributed by atoms with E-state index in [0.717, 1.165) is 44.8 Å². The Morgan fingerprint density at radius 2 is 2.25 bits per heavy atom. The summed E-state index contributed by atoms with van der Waals surface area (Å²) < 4.78 is 5.70. The molecule has 1 unspecified atom stereocenters. The molecule has 1 aromatic carbocycles. The Hall–Kier alpha value is -1.39. The lowest BCUT2D eigenvalue weighted by Gasteiger charge is -2.27. The van der Waals surface area contributed by atoms with E-state index in [9.17, 15) is 4.79 Å². The van der Waals surface area contributed by atoms with Crippen molar-refractivity contribution in [3.8, 4) is 0 Å². The van der Waals surface area contributed by atoms with Crippen molar-refractivity contribution in [2.45, 2.75) is 38.3 Å². The van der Waals surface area contributed by atoms with E-state index in [2.05, 4.69) is 11.4 Å². The molecule has 0 radical (unpaired) electrons. The number of para-hydroxylation sites is 1. The summed E-state index contributed by atoms with van der Waals surface area (Å²) in [6, 6.07) is 8.16. The molecule has 0 bridgehead atoms. The zero-order valence-corrected chi connectivity index (χ0v) is 11.8. The van der Waals surface area contributed by atoms with Gasteiger partial charge in [0.25, 0.3) is 0 Å². The van der Waals surface area contributed by atoms with E-state index in [-0.39, 0.29) is 12.0 Å². The number of nitrogens with zero attached hydrogens (tertiary/aromatic N) is 1. The summed E-state index contributed by atoms with van der Waals surface area (Å²) >= 11 is 0. The van der Waals surface area contributed by atoms with E-state index in [4.69, 9.17) is 4.74 Å². The summed E-state index contributed by atoms with van der Waals surface area (Å²) in [4.78, 5) is 14.5. The fourth-order valence-electron chi connectivity index (χ4n) is 2.99. The Morgan fingerprint density at radius 1 is 1.35 bits per heavy atom. The average molecular weight is 274 g/mol. The molecule has 1 N–H and O–H groups in total. The van der Waals surface area contributed by atoms with Crippen LogP contribution in [0.4, 0.5) is 5.69 Å². The number of ether oxygens (including phenoxy) is 1. The van der Waals surface area contributed by atoms with E-state index in [0.29, 0.717) is 6.42 Å². The normalized spacial score (nSPS) is 23.0. The lowest BCUT2D eigenvalue weighted by molar-refractivity contribution is -0.122. The molecule has 20 heavy (non-hydrogen) atoms. The van der Waals surface area contributed by atoms with Crippen molar-refractivity contribution in [1.29, 1.82) is 0 Å². The molecule has 0 aromatic heterocycles. The van der Waals surface area contributed by atoms with Crippen LogP contribution in [-0.2, 0) is 16.1 Å². The van der Waals surface area contributed by atoms with Crippen LogP contribution in [-0.4, -0.2) is 31.7 Å². The van der Waals surface area contributed by atoms with Crippen molar-refractivity contribution in [3.05, 3.63) is 29.8 Å². The second-order valence-electron chi connectivity index (χ2n) is 5.54. The molecule has 0 saturated carbocycles. The summed E-state index contributed by atoms with van der Waals surface area (Å²) in [6.45, 7) is 3.21. The second kappa shape index (κ2) is 6.37. The van der Waals surface area contributed by atoms with Gasteiger partial charge < -0.3 is 15.0 Å². The number of rotatable bonds is 2. The summed E-state index contributed by atoms with van der Waals surface area (Å²) in [5, 5.41) is 3.37. The minimum Gasteiger partial charge on any atom is -0.378 e. The molecule has 1 fully saturated rings. The van der Waals surface area contributed by atoms with Crippen LogP contribution in [0.15, 0.2) is 24.3 Å². The Morgan fingerprint density at radius 3 is 3.10 bits per heavy atom. The zero-order valence-electron chi connectivity index (χ0n) is 11.8. The number of nitrogens with one attached hydrogen (secondary N) is 1. The molecule has 1 aromatic rings. The van der Waals surface area contributed by atoms with E-state index in [1.165, 1.54) is 12.0 Å². The summed E-state index contributed by atoms with van der Waals surface area (Å²) in [6.07, 6.45) is 3.94. The van der Waals surface area contributed by atoms with Crippen molar-refractivity contribution in [1.82, 2.24) is 5.32 Å². The molecule has 1 saturated heterocycles. The summed E-state index contributed by atoms with van der Waals surface area (Å²) in [5.74, 6) is 0.188. The van der Waals surface area contributed by atoms with Crippen LogP contribution in [0.1, 0.15) is 31.2 Å². The highest BCUT2D eigenvalue weighted by Crippen LogP contribution is 2.24. The first-order valence-corrected chi connectivity index (χ1v) is 7.55. The lowest BCUT2D eigenvalue weighted by atomic mass is 10.1. The van der Waals surface area contributed by atoms with Gasteiger partial charge in [-0.1, -0.05) is 18.2 Å². The molecular weight excluding hydrogens is 252 g/mol. The van der Waals surface area contributed by atoms with Gasteiger partial charge in [-0.15, -0.1) is 0 Å². The maximum Gasteiger partial charge on any atom is 0.229 e. The van der Waals surface area contributed by atoms with Gasteiger partial charge in [-0.3, -0.25) is 4.79 Å². The third-order valence-corrected chi connectivity index (χ3v) is 4.09. The van der Waals surface area contributed by atoms with E-state index >= 15 is 0 Å². The molecule has 2 aliphatic rings. The topological polar surface area (TPSA) is 41.6 Å². The Kier molecular flexibility index (Phi) is 4.33. The van der Waals surface area contributed by atoms with Gasteiger partial charge in [0.05, 0.1) is 12.5 Å². The van der Waals surface area contributed by atoms with Crippen molar-refractivity contribution < 1.29 is 9.53 Å². The Labute approximate surface area is 120 Å². The van der Waals surface area contributed by atoms with Crippen LogP contribution in [0.2, 0.25) is 0 Å². The van der Waals surface area contributed by atoms with Gasteiger partial charge in [-0.25, -0.2) is 0 Å². The lowest BCUT2D eigenvalue weighted by Crippen LogP contribution is -2.37. The molecule has 0 spiro atoms. The molecule has 1 amide bonds. The van der Waals surface area contributed by atoms with Gasteiger partial charge in [0, 0.05) is 31.9 Å². The SMILES string of the molecule is O=C(CC1CCCCO1)N1CCNCc2ccccc21. The number of fused-ring (bicyclic) bond motifs is 1. The number of hydrogen-bond acceptors (Lipinski definition) is 3. The minimum absolute atomic E-state index is 0.111. The highest BCUT2D eigenvalue weighted by atomic mass is 16.5. The average Bonchev–Trinajstić information content (AvgIpc) is 2.70. The van der Waals surface area contributed by atoms with Crippen molar-refractivity contribution in [2.24, 2.45) is 0 Å². The maximum atomic E-state index is 12.6. The monoisotopic (exact) mass is 274 g/mol. The second-order valence-corrected chi connectivity index (χ2v) is 5.54. The van der Waals surface area contributed by atoms with Crippen LogP contribution >= 0.6 is 0 Å². The summed E-state index contributed by atoms with van der Waals surface area (Å²) in [7, 11) is 0. The molecule has 1 atom stereocenters. The Balaban J connectivity index is 1.73. The van der Waals surface area contributed by atoms with Crippen molar-refractivity contribution >= 4 is 11.6 Å². The summed E-state index contributed by atoms with van der Waals surface area (Å²) in [5.41, 5.74) is 2.25. The number of carbonyl (C=O) groups excluding carboxylic acids is 1. The predicted molar refractivity (Wildman–Crippen MR) is 78.7 cm³/mol. The molecule has 0 aliphatic carbocycles. The number of carbonyl (C=O) groups is 1. The zero-order chi connectivity index (χ0) is 13.8. The third-order valence-electron chi connectivity index (χ3n) is 4.09. The molecule has 2 heterocycles. The number of benzene rings is 1. The molecule has 2 aliphatic heterocycles. The molecule has 3 rings (SSSR count). The number of amides is 1. The molecule has 108 valence electrons. The highest BCUT2D eigenvalue weighted by Gasteiger charge is 2.24. The fraction of sp³-hybridized carbons (Fsp3) is 0.562.